The first-order valence-corrected chi connectivity index (χ1v) is 6.03. The van der Waals surface area contributed by atoms with E-state index in [4.69, 9.17) is 4.74 Å². The van der Waals surface area contributed by atoms with Gasteiger partial charge in [-0.1, -0.05) is 27.7 Å². The number of ether oxygens (including phenoxy) is 2. The van der Waals surface area contributed by atoms with E-state index in [0.29, 0.717) is 18.1 Å². The van der Waals surface area contributed by atoms with Crippen LogP contribution in [0.5, 0.6) is 0 Å². The molecule has 0 rings (SSSR count). The summed E-state index contributed by atoms with van der Waals surface area (Å²) < 4.78 is 21.0. The van der Waals surface area contributed by atoms with Crippen LogP contribution in [0.4, 0.5) is 0 Å². The molecule has 0 aromatic carbocycles. The number of carbonyl (C=O) groups excluding carboxylic acids is 1. The minimum absolute atomic E-state index is 0.0870. The summed E-state index contributed by atoms with van der Waals surface area (Å²) in [6.45, 7) is 8.04. The van der Waals surface area contributed by atoms with Gasteiger partial charge in [0.2, 0.25) is 8.46 Å². The molecule has 92 valence electrons. The minimum Gasteiger partial charge on any atom is -0.485 e. The fourth-order valence-corrected chi connectivity index (χ4v) is 1.65. The van der Waals surface area contributed by atoms with Crippen molar-refractivity contribution in [2.45, 2.75) is 27.7 Å². The Morgan fingerprint density at radius 1 is 1.25 bits per heavy atom. The first-order chi connectivity index (χ1) is 7.43. The van der Waals surface area contributed by atoms with Crippen molar-refractivity contribution in [1.29, 1.82) is 0 Å². The van der Waals surface area contributed by atoms with Crippen molar-refractivity contribution >= 4 is 14.4 Å². The maximum Gasteiger partial charge on any atom is 0.338 e. The number of hydrogen-bond acceptors (Lipinski definition) is 4. The number of carbonyl (C=O) groups is 1. The Morgan fingerprint density at radius 2 is 1.81 bits per heavy atom. The molecule has 0 radical (unpaired) electrons. The van der Waals surface area contributed by atoms with Crippen LogP contribution in [-0.2, 0) is 18.8 Å². The molecule has 4 nitrogen and oxygen atoms in total. The highest BCUT2D eigenvalue weighted by Crippen LogP contribution is 2.25. The van der Waals surface area contributed by atoms with Crippen LogP contribution in [0.25, 0.3) is 0 Å². The summed E-state index contributed by atoms with van der Waals surface area (Å²) in [6.07, 6.45) is 0. The molecule has 0 unspecified atom stereocenters. The molecule has 0 saturated carbocycles. The SMILES string of the molecule is COC(=O)C(=C(OCC(C)C)P=O)C(C)C. The van der Waals surface area contributed by atoms with Crippen molar-refractivity contribution in [3.63, 3.8) is 0 Å². The Morgan fingerprint density at radius 3 is 2.12 bits per heavy atom. The van der Waals surface area contributed by atoms with Crippen molar-refractivity contribution in [3.05, 3.63) is 11.1 Å². The third kappa shape index (κ3) is 4.75. The largest absolute Gasteiger partial charge is 0.485 e. The summed E-state index contributed by atoms with van der Waals surface area (Å²) in [4.78, 5) is 11.5. The second-order valence-electron chi connectivity index (χ2n) is 4.16. The van der Waals surface area contributed by atoms with Gasteiger partial charge >= 0.3 is 5.97 Å². The van der Waals surface area contributed by atoms with Gasteiger partial charge in [0.1, 0.15) is 0 Å². The Hall–Kier alpha value is -0.890. The Kier molecular flexibility index (Phi) is 6.98. The lowest BCUT2D eigenvalue weighted by atomic mass is 10.1. The summed E-state index contributed by atoms with van der Waals surface area (Å²) in [5.41, 5.74) is 0.510. The quantitative estimate of drug-likeness (QED) is 0.313. The molecule has 0 aromatic heterocycles. The maximum absolute atomic E-state index is 11.5. The molecule has 16 heavy (non-hydrogen) atoms. The summed E-state index contributed by atoms with van der Waals surface area (Å²) in [6, 6.07) is 0. The van der Waals surface area contributed by atoms with Gasteiger partial charge in [-0.05, 0) is 11.8 Å². The van der Waals surface area contributed by atoms with E-state index >= 15 is 0 Å². The molecule has 0 bridgehead atoms. The first kappa shape index (κ1) is 15.1. The monoisotopic (exact) mass is 246 g/mol. The highest BCUT2D eigenvalue weighted by molar-refractivity contribution is 7.29. The van der Waals surface area contributed by atoms with Crippen molar-refractivity contribution in [2.75, 3.05) is 13.7 Å². The minimum atomic E-state index is -0.489. The van der Waals surface area contributed by atoms with Crippen LogP contribution in [0, 0.1) is 11.8 Å². The smallest absolute Gasteiger partial charge is 0.338 e. The molecule has 0 N–H and O–H groups in total. The lowest BCUT2D eigenvalue weighted by molar-refractivity contribution is -0.136. The topological polar surface area (TPSA) is 52.6 Å². The highest BCUT2D eigenvalue weighted by Gasteiger charge is 2.21. The van der Waals surface area contributed by atoms with Gasteiger partial charge in [0.15, 0.2) is 5.50 Å². The van der Waals surface area contributed by atoms with Crippen LogP contribution in [0.1, 0.15) is 27.7 Å². The molecular weight excluding hydrogens is 227 g/mol. The van der Waals surface area contributed by atoms with E-state index in [1.165, 1.54) is 7.11 Å². The summed E-state index contributed by atoms with van der Waals surface area (Å²) in [7, 11) is 1.01. The van der Waals surface area contributed by atoms with E-state index in [-0.39, 0.29) is 19.9 Å². The standard InChI is InChI=1S/C11H19O4P/c1-7(2)6-15-11(16-13)9(8(3)4)10(12)14-5/h7-8H,6H2,1-5H3. The number of hydrogen-bond donors (Lipinski definition) is 0. The van der Waals surface area contributed by atoms with Crippen LogP contribution >= 0.6 is 8.46 Å². The van der Waals surface area contributed by atoms with Gasteiger partial charge in [0, 0.05) is 0 Å². The summed E-state index contributed by atoms with van der Waals surface area (Å²) in [5.74, 6) is -0.268. The average Bonchev–Trinajstić information content (AvgIpc) is 2.22. The molecule has 0 amide bonds. The lowest BCUT2D eigenvalue weighted by Crippen LogP contribution is -2.14. The highest BCUT2D eigenvalue weighted by atomic mass is 31.1. The molecule has 0 atom stereocenters. The van der Waals surface area contributed by atoms with E-state index in [9.17, 15) is 9.36 Å². The van der Waals surface area contributed by atoms with Crippen LogP contribution in [0.2, 0.25) is 0 Å². The fourth-order valence-electron chi connectivity index (χ4n) is 1.08. The van der Waals surface area contributed by atoms with Gasteiger partial charge in [0.05, 0.1) is 19.3 Å². The zero-order valence-electron chi connectivity index (χ0n) is 10.4. The van der Waals surface area contributed by atoms with Crippen molar-refractivity contribution in [2.24, 2.45) is 11.8 Å². The molecule has 0 saturated heterocycles. The van der Waals surface area contributed by atoms with E-state index in [2.05, 4.69) is 4.74 Å². The first-order valence-electron chi connectivity index (χ1n) is 5.22. The van der Waals surface area contributed by atoms with E-state index in [1.807, 2.05) is 27.7 Å². The Balaban J connectivity index is 5.01. The van der Waals surface area contributed by atoms with Gasteiger partial charge in [-0.15, -0.1) is 0 Å². The van der Waals surface area contributed by atoms with Crippen molar-refractivity contribution in [3.8, 4) is 0 Å². The molecule has 0 heterocycles. The van der Waals surface area contributed by atoms with Crippen molar-refractivity contribution < 1.29 is 18.8 Å². The van der Waals surface area contributed by atoms with Gasteiger partial charge in [-0.2, -0.15) is 0 Å². The molecular formula is C11H19O4P. The van der Waals surface area contributed by atoms with Crippen molar-refractivity contribution in [1.82, 2.24) is 0 Å². The summed E-state index contributed by atoms with van der Waals surface area (Å²) in [5, 5.41) is 0. The van der Waals surface area contributed by atoms with E-state index in [1.54, 1.807) is 0 Å². The molecule has 0 spiro atoms. The Labute approximate surface area is 98.2 Å². The number of rotatable bonds is 6. The van der Waals surface area contributed by atoms with Crippen LogP contribution < -0.4 is 0 Å². The van der Waals surface area contributed by atoms with Crippen LogP contribution in [-0.4, -0.2) is 19.7 Å². The van der Waals surface area contributed by atoms with Crippen LogP contribution in [0.15, 0.2) is 11.1 Å². The van der Waals surface area contributed by atoms with E-state index < -0.39 is 5.97 Å². The third-order valence-corrected chi connectivity index (χ3v) is 2.39. The maximum atomic E-state index is 11.5. The molecule has 0 aliphatic rings. The fraction of sp³-hybridized carbons (Fsp3) is 0.727. The lowest BCUT2D eigenvalue weighted by Gasteiger charge is -2.14. The van der Waals surface area contributed by atoms with Crippen LogP contribution in [0.3, 0.4) is 0 Å². The van der Waals surface area contributed by atoms with E-state index in [0.717, 1.165) is 0 Å². The van der Waals surface area contributed by atoms with Gasteiger partial charge in [-0.3, -0.25) is 4.57 Å². The molecule has 5 heteroatoms. The Bertz CT molecular complexity index is 282. The zero-order chi connectivity index (χ0) is 12.7. The molecule has 0 aromatic rings. The normalized spacial score (nSPS) is 12.9. The predicted octanol–water partition coefficient (Wildman–Crippen LogP) is 2.99. The zero-order valence-corrected chi connectivity index (χ0v) is 11.3. The molecule has 0 fully saturated rings. The molecule has 0 aliphatic heterocycles. The average molecular weight is 246 g/mol. The number of esters is 1. The van der Waals surface area contributed by atoms with Gasteiger partial charge < -0.3 is 9.47 Å². The number of methoxy groups -OCH3 is 1. The van der Waals surface area contributed by atoms with Gasteiger partial charge in [-0.25, -0.2) is 4.79 Å². The second kappa shape index (κ2) is 7.39. The van der Waals surface area contributed by atoms with Gasteiger partial charge in [0.25, 0.3) is 0 Å². The molecule has 0 aliphatic carbocycles. The third-order valence-electron chi connectivity index (χ3n) is 1.85. The summed E-state index contributed by atoms with van der Waals surface area (Å²) >= 11 is 0. The predicted molar refractivity (Wildman–Crippen MR) is 62.3 cm³/mol. The second-order valence-corrected chi connectivity index (χ2v) is 4.75.